The molecule has 0 bridgehead atoms. The summed E-state index contributed by atoms with van der Waals surface area (Å²) >= 11 is 0. The predicted molar refractivity (Wildman–Crippen MR) is 79.6 cm³/mol. The molecule has 0 saturated carbocycles. The minimum atomic E-state index is -0.216. The molecule has 5 heteroatoms. The Morgan fingerprint density at radius 3 is 3.00 bits per heavy atom. The molecule has 2 aliphatic heterocycles. The average molecular weight is 283 g/mol. The van der Waals surface area contributed by atoms with Crippen LogP contribution in [0.3, 0.4) is 0 Å². The third-order valence-corrected chi connectivity index (χ3v) is 4.26. The molecule has 2 saturated heterocycles. The third-order valence-electron chi connectivity index (χ3n) is 4.26. The fraction of sp³-hybridized carbons (Fsp3) is 0.933. The van der Waals surface area contributed by atoms with Crippen LogP contribution in [0.15, 0.2) is 0 Å². The van der Waals surface area contributed by atoms with Gasteiger partial charge in [-0.2, -0.15) is 0 Å². The lowest BCUT2D eigenvalue weighted by molar-refractivity contribution is -0.129. The molecule has 116 valence electrons. The van der Waals surface area contributed by atoms with Crippen LogP contribution in [0, 0.1) is 5.92 Å². The van der Waals surface area contributed by atoms with Crippen LogP contribution in [0.5, 0.6) is 0 Å². The van der Waals surface area contributed by atoms with Gasteiger partial charge >= 0.3 is 0 Å². The lowest BCUT2D eigenvalue weighted by Crippen LogP contribution is -2.57. The van der Waals surface area contributed by atoms with Gasteiger partial charge in [0.1, 0.15) is 6.04 Å². The summed E-state index contributed by atoms with van der Waals surface area (Å²) in [5.74, 6) is 0.842. The van der Waals surface area contributed by atoms with E-state index < -0.39 is 0 Å². The maximum absolute atomic E-state index is 12.3. The second-order valence-electron chi connectivity index (χ2n) is 6.42. The highest BCUT2D eigenvalue weighted by Crippen LogP contribution is 2.15. The van der Waals surface area contributed by atoms with Crippen molar-refractivity contribution in [3.05, 3.63) is 0 Å². The molecule has 2 aliphatic rings. The van der Waals surface area contributed by atoms with Gasteiger partial charge in [-0.15, -0.1) is 0 Å². The number of rotatable bonds is 4. The first kappa shape index (κ1) is 15.7. The number of carbonyl (C=O) groups is 1. The van der Waals surface area contributed by atoms with Crippen molar-refractivity contribution in [2.75, 3.05) is 32.8 Å². The first-order valence-corrected chi connectivity index (χ1v) is 7.94. The molecule has 1 amide bonds. The van der Waals surface area contributed by atoms with E-state index in [2.05, 4.69) is 29.4 Å². The first-order valence-electron chi connectivity index (χ1n) is 7.94. The van der Waals surface area contributed by atoms with Crippen LogP contribution in [0.25, 0.3) is 0 Å². The van der Waals surface area contributed by atoms with E-state index in [0.29, 0.717) is 6.61 Å². The van der Waals surface area contributed by atoms with E-state index >= 15 is 0 Å². The van der Waals surface area contributed by atoms with Crippen molar-refractivity contribution in [2.45, 2.75) is 51.8 Å². The standard InChI is InChI=1S/C15H29N3O2/c1-11-5-4-7-18(9-11)10-12(2)17-15(19)14-13(3)20-8-6-16-14/h11-14,16H,4-10H2,1-3H3,(H,17,19)/t11?,12?,13-,14+/m1/s1. The second-order valence-corrected chi connectivity index (χ2v) is 6.42. The number of likely N-dealkylation sites (tertiary alicyclic amines) is 1. The van der Waals surface area contributed by atoms with Gasteiger partial charge in [0, 0.05) is 25.7 Å². The molecule has 0 aromatic rings. The second kappa shape index (κ2) is 7.38. The van der Waals surface area contributed by atoms with Crippen LogP contribution in [-0.4, -0.2) is 61.8 Å². The molecule has 2 fully saturated rings. The molecule has 2 heterocycles. The summed E-state index contributed by atoms with van der Waals surface area (Å²) in [6, 6.07) is -0.0322. The molecule has 4 atom stereocenters. The monoisotopic (exact) mass is 283 g/mol. The van der Waals surface area contributed by atoms with Gasteiger partial charge in [-0.3, -0.25) is 4.79 Å². The van der Waals surface area contributed by atoms with E-state index in [1.54, 1.807) is 0 Å². The summed E-state index contributed by atoms with van der Waals surface area (Å²) in [7, 11) is 0. The summed E-state index contributed by atoms with van der Waals surface area (Å²) in [5.41, 5.74) is 0. The zero-order valence-electron chi connectivity index (χ0n) is 13.0. The Labute approximate surface area is 122 Å². The average Bonchev–Trinajstić information content (AvgIpc) is 2.38. The normalized spacial score (nSPS) is 33.6. The van der Waals surface area contributed by atoms with Gasteiger partial charge in [0.15, 0.2) is 0 Å². The highest BCUT2D eigenvalue weighted by atomic mass is 16.5. The maximum atomic E-state index is 12.3. The minimum absolute atomic E-state index is 0.0500. The number of hydrogen-bond donors (Lipinski definition) is 2. The Morgan fingerprint density at radius 2 is 2.30 bits per heavy atom. The Hall–Kier alpha value is -0.650. The van der Waals surface area contributed by atoms with Crippen molar-refractivity contribution >= 4 is 5.91 Å². The van der Waals surface area contributed by atoms with E-state index in [0.717, 1.165) is 32.1 Å². The number of amides is 1. The van der Waals surface area contributed by atoms with Gasteiger partial charge in [-0.05, 0) is 39.2 Å². The van der Waals surface area contributed by atoms with Crippen LogP contribution in [0.2, 0.25) is 0 Å². The number of ether oxygens (including phenoxy) is 1. The SMILES string of the molecule is CC1CCCN(CC(C)NC(=O)[C@H]2NCCO[C@@H]2C)C1. The summed E-state index contributed by atoms with van der Waals surface area (Å²) < 4.78 is 5.52. The van der Waals surface area contributed by atoms with Crippen LogP contribution >= 0.6 is 0 Å². The van der Waals surface area contributed by atoms with Crippen LogP contribution in [0.1, 0.15) is 33.6 Å². The van der Waals surface area contributed by atoms with Gasteiger partial charge in [-0.25, -0.2) is 0 Å². The number of hydrogen-bond acceptors (Lipinski definition) is 4. The molecule has 5 nitrogen and oxygen atoms in total. The maximum Gasteiger partial charge on any atom is 0.240 e. The first-order chi connectivity index (χ1) is 9.56. The molecule has 2 rings (SSSR count). The van der Waals surface area contributed by atoms with Gasteiger partial charge < -0.3 is 20.3 Å². The van der Waals surface area contributed by atoms with Crippen molar-refractivity contribution in [3.8, 4) is 0 Å². The molecule has 2 unspecified atom stereocenters. The Morgan fingerprint density at radius 1 is 1.50 bits per heavy atom. The fourth-order valence-electron chi connectivity index (χ4n) is 3.25. The van der Waals surface area contributed by atoms with Crippen molar-refractivity contribution in [2.24, 2.45) is 5.92 Å². The van der Waals surface area contributed by atoms with E-state index in [4.69, 9.17) is 4.74 Å². The summed E-state index contributed by atoms with van der Waals surface area (Å²) in [6.45, 7) is 11.0. The zero-order chi connectivity index (χ0) is 14.5. The van der Waals surface area contributed by atoms with E-state index in [-0.39, 0.29) is 24.1 Å². The van der Waals surface area contributed by atoms with Gasteiger partial charge in [-0.1, -0.05) is 6.92 Å². The molecule has 20 heavy (non-hydrogen) atoms. The molecule has 0 aromatic carbocycles. The lowest BCUT2D eigenvalue weighted by Gasteiger charge is -2.34. The number of nitrogens with zero attached hydrogens (tertiary/aromatic N) is 1. The fourth-order valence-corrected chi connectivity index (χ4v) is 3.25. The number of morpholine rings is 1. The Balaban J connectivity index is 1.75. The third kappa shape index (κ3) is 4.43. The highest BCUT2D eigenvalue weighted by Gasteiger charge is 2.29. The minimum Gasteiger partial charge on any atom is -0.375 e. The molecular weight excluding hydrogens is 254 g/mol. The van der Waals surface area contributed by atoms with Crippen molar-refractivity contribution in [3.63, 3.8) is 0 Å². The van der Waals surface area contributed by atoms with Crippen LogP contribution in [0.4, 0.5) is 0 Å². The van der Waals surface area contributed by atoms with Gasteiger partial charge in [0.05, 0.1) is 12.7 Å². The lowest BCUT2D eigenvalue weighted by atomic mass is 10.00. The van der Waals surface area contributed by atoms with Gasteiger partial charge in [0.25, 0.3) is 0 Å². The molecule has 0 spiro atoms. The van der Waals surface area contributed by atoms with Crippen molar-refractivity contribution in [1.29, 1.82) is 0 Å². The molecule has 0 aliphatic carbocycles. The summed E-state index contributed by atoms with van der Waals surface area (Å²) in [5, 5.41) is 6.35. The van der Waals surface area contributed by atoms with E-state index in [1.165, 1.54) is 12.8 Å². The number of piperidine rings is 1. The molecule has 0 aromatic heterocycles. The number of nitrogens with one attached hydrogen (secondary N) is 2. The highest BCUT2D eigenvalue weighted by molar-refractivity contribution is 5.82. The van der Waals surface area contributed by atoms with Crippen LogP contribution in [-0.2, 0) is 9.53 Å². The van der Waals surface area contributed by atoms with Crippen LogP contribution < -0.4 is 10.6 Å². The predicted octanol–water partition coefficient (Wildman–Crippen LogP) is 0.600. The summed E-state index contributed by atoms with van der Waals surface area (Å²) in [4.78, 5) is 14.7. The summed E-state index contributed by atoms with van der Waals surface area (Å²) in [6.07, 6.45) is 2.56. The van der Waals surface area contributed by atoms with Crippen molar-refractivity contribution in [1.82, 2.24) is 15.5 Å². The Kier molecular flexibility index (Phi) is 5.81. The van der Waals surface area contributed by atoms with E-state index in [9.17, 15) is 4.79 Å². The largest absolute Gasteiger partial charge is 0.375 e. The topological polar surface area (TPSA) is 53.6 Å². The molecular formula is C15H29N3O2. The molecule has 0 radical (unpaired) electrons. The van der Waals surface area contributed by atoms with Crippen molar-refractivity contribution < 1.29 is 9.53 Å². The number of carbonyl (C=O) groups excluding carboxylic acids is 1. The quantitative estimate of drug-likeness (QED) is 0.793. The zero-order valence-corrected chi connectivity index (χ0v) is 13.0. The molecule has 2 N–H and O–H groups in total. The smallest absolute Gasteiger partial charge is 0.240 e. The van der Waals surface area contributed by atoms with E-state index in [1.807, 2.05) is 6.92 Å². The Bertz CT molecular complexity index is 324. The van der Waals surface area contributed by atoms with Gasteiger partial charge in [0.2, 0.25) is 5.91 Å².